The van der Waals surface area contributed by atoms with Gasteiger partial charge in [0.15, 0.2) is 9.84 Å². The lowest BCUT2D eigenvalue weighted by Crippen LogP contribution is -2.43. The third-order valence-corrected chi connectivity index (χ3v) is 7.54. The van der Waals surface area contributed by atoms with Crippen molar-refractivity contribution in [3.8, 4) is 0 Å². The average molecular weight is 333 g/mol. The van der Waals surface area contributed by atoms with Crippen molar-refractivity contribution in [1.29, 1.82) is 0 Å². The maximum Gasteiger partial charge on any atom is 0.152 e. The van der Waals surface area contributed by atoms with Gasteiger partial charge in [0.1, 0.15) is 0 Å². The Balaban J connectivity index is 1.78. The van der Waals surface area contributed by atoms with E-state index in [1.54, 1.807) is 13.8 Å². The SMILES string of the molecule is CC(C)S(=O)(=O)CCCN1CCCC1CN1CCCC1CO. The summed E-state index contributed by atoms with van der Waals surface area (Å²) in [5.41, 5.74) is 0. The molecule has 6 heteroatoms. The van der Waals surface area contributed by atoms with Crippen LogP contribution >= 0.6 is 0 Å². The van der Waals surface area contributed by atoms with Gasteiger partial charge in [-0.05, 0) is 65.6 Å². The van der Waals surface area contributed by atoms with Crippen molar-refractivity contribution in [2.45, 2.75) is 63.3 Å². The van der Waals surface area contributed by atoms with Gasteiger partial charge in [0.25, 0.3) is 0 Å². The fraction of sp³-hybridized carbons (Fsp3) is 1.00. The molecule has 0 aromatic carbocycles. The van der Waals surface area contributed by atoms with Gasteiger partial charge in [0.2, 0.25) is 0 Å². The first-order chi connectivity index (χ1) is 10.4. The van der Waals surface area contributed by atoms with Gasteiger partial charge in [-0.25, -0.2) is 8.42 Å². The van der Waals surface area contributed by atoms with Crippen LogP contribution in [0.1, 0.15) is 46.0 Å². The predicted octanol–water partition coefficient (Wildman–Crippen LogP) is 1.12. The van der Waals surface area contributed by atoms with E-state index in [1.807, 2.05) is 0 Å². The van der Waals surface area contributed by atoms with Gasteiger partial charge in [0.05, 0.1) is 17.6 Å². The van der Waals surface area contributed by atoms with Crippen molar-refractivity contribution in [2.75, 3.05) is 38.5 Å². The van der Waals surface area contributed by atoms with Crippen LogP contribution in [0.4, 0.5) is 0 Å². The maximum atomic E-state index is 11.9. The van der Waals surface area contributed by atoms with Crippen molar-refractivity contribution in [1.82, 2.24) is 9.80 Å². The van der Waals surface area contributed by atoms with Crippen LogP contribution in [0.15, 0.2) is 0 Å². The van der Waals surface area contributed by atoms with Crippen LogP contribution in [0.25, 0.3) is 0 Å². The van der Waals surface area contributed by atoms with E-state index < -0.39 is 9.84 Å². The lowest BCUT2D eigenvalue weighted by molar-refractivity contribution is 0.122. The lowest BCUT2D eigenvalue weighted by Gasteiger charge is -2.31. The predicted molar refractivity (Wildman–Crippen MR) is 89.8 cm³/mol. The molecule has 0 aromatic heterocycles. The Hall–Kier alpha value is -0.170. The molecule has 2 unspecified atom stereocenters. The fourth-order valence-electron chi connectivity index (χ4n) is 3.71. The minimum absolute atomic E-state index is 0.263. The highest BCUT2D eigenvalue weighted by Crippen LogP contribution is 2.23. The Morgan fingerprint density at radius 3 is 2.36 bits per heavy atom. The minimum atomic E-state index is -2.91. The number of likely N-dealkylation sites (tertiary alicyclic amines) is 2. The summed E-state index contributed by atoms with van der Waals surface area (Å²) in [6.45, 7) is 7.88. The van der Waals surface area contributed by atoms with Crippen molar-refractivity contribution in [3.05, 3.63) is 0 Å². The average Bonchev–Trinajstić information content (AvgIpc) is 3.08. The molecule has 2 aliphatic heterocycles. The third kappa shape index (κ3) is 4.66. The van der Waals surface area contributed by atoms with Gasteiger partial charge >= 0.3 is 0 Å². The normalized spacial score (nSPS) is 28.0. The van der Waals surface area contributed by atoms with Gasteiger partial charge in [-0.2, -0.15) is 0 Å². The lowest BCUT2D eigenvalue weighted by atomic mass is 10.2. The number of hydrogen-bond donors (Lipinski definition) is 1. The molecule has 2 rings (SSSR count). The monoisotopic (exact) mass is 332 g/mol. The summed E-state index contributed by atoms with van der Waals surface area (Å²) < 4.78 is 23.8. The first kappa shape index (κ1) is 18.2. The summed E-state index contributed by atoms with van der Waals surface area (Å²) >= 11 is 0. The number of hydrogen-bond acceptors (Lipinski definition) is 5. The number of aliphatic hydroxyl groups is 1. The largest absolute Gasteiger partial charge is 0.395 e. The molecule has 5 nitrogen and oxygen atoms in total. The molecule has 2 saturated heterocycles. The summed E-state index contributed by atoms with van der Waals surface area (Å²) in [5.74, 6) is 0.302. The van der Waals surface area contributed by atoms with Crippen LogP contribution in [0.2, 0.25) is 0 Å². The number of nitrogens with zero attached hydrogens (tertiary/aromatic N) is 2. The molecule has 2 heterocycles. The smallest absolute Gasteiger partial charge is 0.152 e. The minimum Gasteiger partial charge on any atom is -0.395 e. The first-order valence-corrected chi connectivity index (χ1v) is 10.5. The molecule has 2 aliphatic rings. The first-order valence-electron chi connectivity index (χ1n) is 8.74. The molecule has 130 valence electrons. The number of aliphatic hydroxyl groups excluding tert-OH is 1. The summed E-state index contributed by atoms with van der Waals surface area (Å²) in [6.07, 6.45) is 5.44. The van der Waals surface area contributed by atoms with Crippen LogP contribution in [-0.2, 0) is 9.84 Å². The van der Waals surface area contributed by atoms with Crippen LogP contribution in [-0.4, -0.2) is 79.2 Å². The van der Waals surface area contributed by atoms with Gasteiger partial charge in [-0.3, -0.25) is 9.80 Å². The molecule has 2 atom stereocenters. The van der Waals surface area contributed by atoms with E-state index in [-0.39, 0.29) is 11.9 Å². The standard InChI is InChI=1S/C16H32N2O3S/c1-14(2)22(20,21)11-5-10-17-8-3-6-15(17)12-18-9-4-7-16(18)13-19/h14-16,19H,3-13H2,1-2H3. The van der Waals surface area contributed by atoms with Crippen LogP contribution in [0.3, 0.4) is 0 Å². The Morgan fingerprint density at radius 1 is 1.09 bits per heavy atom. The van der Waals surface area contributed by atoms with Crippen LogP contribution in [0, 0.1) is 0 Å². The summed E-state index contributed by atoms with van der Waals surface area (Å²) in [7, 11) is -2.91. The second kappa shape index (κ2) is 8.08. The van der Waals surface area contributed by atoms with E-state index in [9.17, 15) is 13.5 Å². The molecule has 2 fully saturated rings. The molecule has 0 aromatic rings. The molecule has 1 N–H and O–H groups in total. The number of rotatable bonds is 8. The van der Waals surface area contributed by atoms with E-state index in [1.165, 1.54) is 19.3 Å². The summed E-state index contributed by atoms with van der Waals surface area (Å²) in [6, 6.07) is 0.873. The zero-order valence-corrected chi connectivity index (χ0v) is 14.9. The Morgan fingerprint density at radius 2 is 1.73 bits per heavy atom. The second-order valence-corrected chi connectivity index (χ2v) is 9.75. The molecule has 0 aliphatic carbocycles. The van der Waals surface area contributed by atoms with Crippen molar-refractivity contribution in [3.63, 3.8) is 0 Å². The maximum absolute atomic E-state index is 11.9. The van der Waals surface area contributed by atoms with Crippen LogP contribution in [0.5, 0.6) is 0 Å². The molecule has 0 radical (unpaired) electrons. The molecule has 22 heavy (non-hydrogen) atoms. The highest BCUT2D eigenvalue weighted by molar-refractivity contribution is 7.91. The van der Waals surface area contributed by atoms with Gasteiger partial charge < -0.3 is 5.11 Å². The number of sulfone groups is 1. The van der Waals surface area contributed by atoms with Gasteiger partial charge in [0, 0.05) is 18.6 Å². The highest BCUT2D eigenvalue weighted by Gasteiger charge is 2.31. The molecular weight excluding hydrogens is 300 g/mol. The Kier molecular flexibility index (Phi) is 6.68. The fourth-order valence-corrected chi connectivity index (χ4v) is 4.72. The van der Waals surface area contributed by atoms with E-state index >= 15 is 0 Å². The molecule has 0 bridgehead atoms. The topological polar surface area (TPSA) is 60.9 Å². The van der Waals surface area contributed by atoms with Gasteiger partial charge in [-0.15, -0.1) is 0 Å². The van der Waals surface area contributed by atoms with E-state index in [0.29, 0.717) is 17.8 Å². The molecule has 0 saturated carbocycles. The van der Waals surface area contributed by atoms with Crippen molar-refractivity contribution >= 4 is 9.84 Å². The van der Waals surface area contributed by atoms with E-state index in [2.05, 4.69) is 9.80 Å². The zero-order valence-electron chi connectivity index (χ0n) is 14.1. The Labute approximate surface area is 135 Å². The highest BCUT2D eigenvalue weighted by atomic mass is 32.2. The summed E-state index contributed by atoms with van der Waals surface area (Å²) in [5, 5.41) is 9.17. The zero-order chi connectivity index (χ0) is 16.2. The van der Waals surface area contributed by atoms with E-state index in [0.717, 1.165) is 39.0 Å². The molecular formula is C16H32N2O3S. The Bertz CT molecular complexity index is 439. The van der Waals surface area contributed by atoms with E-state index in [4.69, 9.17) is 0 Å². The quantitative estimate of drug-likeness (QED) is 0.722. The summed E-state index contributed by atoms with van der Waals surface area (Å²) in [4.78, 5) is 4.89. The second-order valence-electron chi connectivity index (χ2n) is 7.07. The van der Waals surface area contributed by atoms with Crippen molar-refractivity contribution in [2.24, 2.45) is 0 Å². The third-order valence-electron chi connectivity index (χ3n) is 5.25. The molecule has 0 amide bonds. The van der Waals surface area contributed by atoms with Crippen LogP contribution < -0.4 is 0 Å². The van der Waals surface area contributed by atoms with Crippen molar-refractivity contribution < 1.29 is 13.5 Å². The molecule has 0 spiro atoms. The van der Waals surface area contributed by atoms with Gasteiger partial charge in [-0.1, -0.05) is 0 Å².